The number of piperidine rings is 1. The van der Waals surface area contributed by atoms with Crippen LogP contribution in [0, 0.1) is 11.8 Å². The molecule has 0 atom stereocenters. The van der Waals surface area contributed by atoms with Gasteiger partial charge in [-0.3, -0.25) is 4.79 Å². The molecule has 1 heterocycles. The van der Waals surface area contributed by atoms with Crippen LogP contribution in [-0.2, 0) is 11.2 Å². The zero-order chi connectivity index (χ0) is 13.1. The maximum Gasteiger partial charge on any atom is 0.227 e. The summed E-state index contributed by atoms with van der Waals surface area (Å²) in [5, 5.41) is 6.39. The fraction of sp³-hybridized carbons (Fsp3) is 0.562. The third kappa shape index (κ3) is 3.57. The lowest BCUT2D eigenvalue weighted by molar-refractivity contribution is -0.117. The van der Waals surface area contributed by atoms with E-state index in [-0.39, 0.29) is 11.8 Å². The van der Waals surface area contributed by atoms with Gasteiger partial charge in [-0.1, -0.05) is 12.1 Å². The van der Waals surface area contributed by atoms with Gasteiger partial charge in [0.25, 0.3) is 0 Å². The second-order valence-corrected chi connectivity index (χ2v) is 5.86. The normalized spacial score (nSPS) is 20.2. The lowest BCUT2D eigenvalue weighted by atomic mass is 9.91. The third-order valence-electron chi connectivity index (χ3n) is 4.15. The van der Waals surface area contributed by atoms with Crippen LogP contribution in [0.1, 0.15) is 31.2 Å². The lowest BCUT2D eigenvalue weighted by Crippen LogP contribution is -2.28. The molecule has 1 aliphatic carbocycles. The number of carbonyl (C=O) groups excluding carboxylic acids is 1. The average Bonchev–Trinajstić information content (AvgIpc) is 3.27. The molecule has 1 aromatic carbocycles. The van der Waals surface area contributed by atoms with Crippen LogP contribution in [0.3, 0.4) is 0 Å². The number of nitrogens with one attached hydrogen (secondary N) is 2. The van der Waals surface area contributed by atoms with Gasteiger partial charge in [0.05, 0.1) is 0 Å². The van der Waals surface area contributed by atoms with Crippen molar-refractivity contribution in [1.82, 2.24) is 5.32 Å². The van der Waals surface area contributed by atoms with Crippen LogP contribution >= 0.6 is 0 Å². The predicted molar refractivity (Wildman–Crippen MR) is 77.1 cm³/mol. The topological polar surface area (TPSA) is 41.1 Å². The number of carbonyl (C=O) groups is 1. The molecule has 2 aliphatic rings. The minimum absolute atomic E-state index is 0.186. The van der Waals surface area contributed by atoms with Gasteiger partial charge in [0.2, 0.25) is 5.91 Å². The fourth-order valence-electron chi connectivity index (χ4n) is 2.73. The monoisotopic (exact) mass is 258 g/mol. The Labute approximate surface area is 114 Å². The highest BCUT2D eigenvalue weighted by molar-refractivity contribution is 5.93. The summed E-state index contributed by atoms with van der Waals surface area (Å²) < 4.78 is 0. The van der Waals surface area contributed by atoms with E-state index < -0.39 is 0 Å². The van der Waals surface area contributed by atoms with Crippen LogP contribution in [0.15, 0.2) is 24.3 Å². The van der Waals surface area contributed by atoms with Crippen LogP contribution < -0.4 is 10.6 Å². The number of benzene rings is 1. The molecular weight excluding hydrogens is 236 g/mol. The van der Waals surface area contributed by atoms with Gasteiger partial charge in [-0.25, -0.2) is 0 Å². The summed E-state index contributed by atoms with van der Waals surface area (Å²) in [6.45, 7) is 2.31. The van der Waals surface area contributed by atoms with Crippen LogP contribution in [0.4, 0.5) is 5.69 Å². The van der Waals surface area contributed by atoms with Gasteiger partial charge >= 0.3 is 0 Å². The van der Waals surface area contributed by atoms with Crippen LogP contribution in [0.5, 0.6) is 0 Å². The first-order valence-corrected chi connectivity index (χ1v) is 7.42. The number of amides is 1. The van der Waals surface area contributed by atoms with E-state index in [4.69, 9.17) is 0 Å². The second-order valence-electron chi connectivity index (χ2n) is 5.86. The van der Waals surface area contributed by atoms with E-state index in [1.165, 1.54) is 24.8 Å². The highest BCUT2D eigenvalue weighted by atomic mass is 16.2. The summed E-state index contributed by atoms with van der Waals surface area (Å²) >= 11 is 0. The molecule has 3 rings (SSSR count). The van der Waals surface area contributed by atoms with Crippen molar-refractivity contribution in [2.45, 2.75) is 32.1 Å². The summed E-state index contributed by atoms with van der Waals surface area (Å²) in [4.78, 5) is 11.7. The number of hydrogen-bond donors (Lipinski definition) is 2. The van der Waals surface area contributed by atoms with Crippen molar-refractivity contribution in [3.05, 3.63) is 29.8 Å². The standard InChI is InChI=1S/C16H22N2O/c19-16(14-3-4-14)18-15-5-1-12(2-6-15)11-13-7-9-17-10-8-13/h1-2,5-6,13-14,17H,3-4,7-11H2,(H,18,19). The molecule has 3 nitrogen and oxygen atoms in total. The molecular formula is C16H22N2O. The SMILES string of the molecule is O=C(Nc1ccc(CC2CCNCC2)cc1)C1CC1. The summed E-state index contributed by atoms with van der Waals surface area (Å²) in [6, 6.07) is 8.39. The molecule has 2 N–H and O–H groups in total. The minimum Gasteiger partial charge on any atom is -0.326 e. The predicted octanol–water partition coefficient (Wildman–Crippen LogP) is 2.58. The fourth-order valence-corrected chi connectivity index (χ4v) is 2.73. The van der Waals surface area contributed by atoms with Gasteiger partial charge in [-0.05, 0) is 68.8 Å². The first kappa shape index (κ1) is 12.7. The van der Waals surface area contributed by atoms with E-state index in [9.17, 15) is 4.79 Å². The Kier molecular flexibility index (Phi) is 3.83. The molecule has 1 saturated heterocycles. The third-order valence-corrected chi connectivity index (χ3v) is 4.15. The Bertz CT molecular complexity index is 431. The summed E-state index contributed by atoms with van der Waals surface area (Å²) in [6.07, 6.45) is 5.83. The van der Waals surface area contributed by atoms with Crippen molar-refractivity contribution in [3.63, 3.8) is 0 Å². The maximum absolute atomic E-state index is 11.7. The Morgan fingerprint density at radius 1 is 1.11 bits per heavy atom. The van der Waals surface area contributed by atoms with Crippen molar-refractivity contribution in [1.29, 1.82) is 0 Å². The van der Waals surface area contributed by atoms with Crippen molar-refractivity contribution < 1.29 is 4.79 Å². The van der Waals surface area contributed by atoms with Crippen molar-refractivity contribution in [2.24, 2.45) is 11.8 Å². The largest absolute Gasteiger partial charge is 0.326 e. The Morgan fingerprint density at radius 3 is 2.42 bits per heavy atom. The highest BCUT2D eigenvalue weighted by Crippen LogP contribution is 2.30. The number of rotatable bonds is 4. The molecule has 1 aromatic rings. The molecule has 0 bridgehead atoms. The smallest absolute Gasteiger partial charge is 0.227 e. The van der Waals surface area contributed by atoms with Crippen LogP contribution in [0.2, 0.25) is 0 Å². The lowest BCUT2D eigenvalue weighted by Gasteiger charge is -2.22. The summed E-state index contributed by atoms with van der Waals surface area (Å²) in [5.74, 6) is 1.27. The van der Waals surface area contributed by atoms with Gasteiger partial charge in [-0.2, -0.15) is 0 Å². The molecule has 19 heavy (non-hydrogen) atoms. The van der Waals surface area contributed by atoms with Gasteiger partial charge in [0.15, 0.2) is 0 Å². The molecule has 0 aromatic heterocycles. The van der Waals surface area contributed by atoms with Crippen LogP contribution in [0.25, 0.3) is 0 Å². The van der Waals surface area contributed by atoms with E-state index in [0.29, 0.717) is 0 Å². The van der Waals surface area contributed by atoms with E-state index in [1.54, 1.807) is 0 Å². The molecule has 1 saturated carbocycles. The van der Waals surface area contributed by atoms with Gasteiger partial charge < -0.3 is 10.6 Å². The van der Waals surface area contributed by atoms with Gasteiger partial charge in [-0.15, -0.1) is 0 Å². The number of hydrogen-bond acceptors (Lipinski definition) is 2. The Hall–Kier alpha value is -1.35. The van der Waals surface area contributed by atoms with Gasteiger partial charge in [0.1, 0.15) is 0 Å². The quantitative estimate of drug-likeness (QED) is 0.871. The van der Waals surface area contributed by atoms with E-state index in [1.807, 2.05) is 12.1 Å². The molecule has 2 fully saturated rings. The zero-order valence-electron chi connectivity index (χ0n) is 11.3. The zero-order valence-corrected chi connectivity index (χ0v) is 11.3. The number of anilines is 1. The van der Waals surface area contributed by atoms with E-state index in [2.05, 4.69) is 22.8 Å². The van der Waals surface area contributed by atoms with Crippen molar-refractivity contribution >= 4 is 11.6 Å². The summed E-state index contributed by atoms with van der Waals surface area (Å²) in [7, 11) is 0. The van der Waals surface area contributed by atoms with Gasteiger partial charge in [0, 0.05) is 11.6 Å². The Morgan fingerprint density at radius 2 is 1.79 bits per heavy atom. The van der Waals surface area contributed by atoms with E-state index >= 15 is 0 Å². The molecule has 1 amide bonds. The summed E-state index contributed by atoms with van der Waals surface area (Å²) in [5.41, 5.74) is 2.32. The average molecular weight is 258 g/mol. The Balaban J connectivity index is 1.54. The second kappa shape index (κ2) is 5.74. The van der Waals surface area contributed by atoms with Crippen molar-refractivity contribution in [2.75, 3.05) is 18.4 Å². The first-order valence-electron chi connectivity index (χ1n) is 7.42. The van der Waals surface area contributed by atoms with Crippen molar-refractivity contribution in [3.8, 4) is 0 Å². The molecule has 0 unspecified atom stereocenters. The molecule has 1 aliphatic heterocycles. The molecule has 0 radical (unpaired) electrons. The molecule has 0 spiro atoms. The van der Waals surface area contributed by atoms with E-state index in [0.717, 1.165) is 37.5 Å². The first-order chi connectivity index (χ1) is 9.31. The highest BCUT2D eigenvalue weighted by Gasteiger charge is 2.29. The van der Waals surface area contributed by atoms with Crippen LogP contribution in [-0.4, -0.2) is 19.0 Å². The molecule has 3 heteroatoms. The minimum atomic E-state index is 0.186. The maximum atomic E-state index is 11.7. The molecule has 102 valence electrons.